The van der Waals surface area contributed by atoms with E-state index < -0.39 is 5.97 Å². The molecule has 156 valence electrons. The predicted octanol–water partition coefficient (Wildman–Crippen LogP) is 4.34. The molecule has 0 bridgehead atoms. The van der Waals surface area contributed by atoms with Crippen molar-refractivity contribution in [2.45, 2.75) is 12.8 Å². The number of aromatic hydroxyl groups is 1. The molecule has 0 aromatic heterocycles. The van der Waals surface area contributed by atoms with Crippen LogP contribution in [0.5, 0.6) is 23.0 Å². The molecule has 0 amide bonds. The highest BCUT2D eigenvalue weighted by atomic mass is 16.5. The number of carbonyl (C=O) groups is 1. The third-order valence-corrected chi connectivity index (χ3v) is 4.60. The average Bonchev–Trinajstić information content (AvgIpc) is 2.77. The summed E-state index contributed by atoms with van der Waals surface area (Å²) in [5.41, 5.74) is 1.90. The molecule has 0 aliphatic heterocycles. The van der Waals surface area contributed by atoms with Crippen molar-refractivity contribution in [2.24, 2.45) is 0 Å². The molecule has 0 aliphatic carbocycles. The van der Waals surface area contributed by atoms with Gasteiger partial charge in [-0.25, -0.2) is 4.79 Å². The number of benzene rings is 3. The Kier molecular flexibility index (Phi) is 7.16. The molecule has 6 heteroatoms. The zero-order chi connectivity index (χ0) is 21.3. The van der Waals surface area contributed by atoms with Gasteiger partial charge in [0.15, 0.2) is 0 Å². The van der Waals surface area contributed by atoms with Crippen molar-refractivity contribution < 1.29 is 29.2 Å². The van der Waals surface area contributed by atoms with Crippen LogP contribution < -0.4 is 14.2 Å². The molecule has 3 aromatic rings. The van der Waals surface area contributed by atoms with E-state index in [0.717, 1.165) is 34.8 Å². The highest BCUT2D eigenvalue weighted by molar-refractivity contribution is 5.90. The lowest BCUT2D eigenvalue weighted by Gasteiger charge is -2.10. The molecular formula is C24H24O6. The Hall–Kier alpha value is -3.67. The van der Waals surface area contributed by atoms with Crippen molar-refractivity contribution in [3.8, 4) is 23.0 Å². The zero-order valence-electron chi connectivity index (χ0n) is 16.7. The van der Waals surface area contributed by atoms with E-state index >= 15 is 0 Å². The maximum Gasteiger partial charge on any atom is 0.339 e. The molecule has 0 unspecified atom stereocenters. The van der Waals surface area contributed by atoms with Gasteiger partial charge in [-0.15, -0.1) is 0 Å². The Morgan fingerprint density at radius 3 is 1.83 bits per heavy atom. The number of aromatic carboxylic acids is 1. The van der Waals surface area contributed by atoms with Gasteiger partial charge >= 0.3 is 5.97 Å². The number of rotatable bonds is 10. The van der Waals surface area contributed by atoms with Crippen LogP contribution in [0.1, 0.15) is 21.5 Å². The minimum Gasteiger partial charge on any atom is -0.507 e. The van der Waals surface area contributed by atoms with Crippen LogP contribution in [0.15, 0.2) is 66.7 Å². The quantitative estimate of drug-likeness (QED) is 0.486. The lowest BCUT2D eigenvalue weighted by Crippen LogP contribution is -2.09. The molecule has 0 saturated carbocycles. The van der Waals surface area contributed by atoms with Gasteiger partial charge in [-0.3, -0.25) is 0 Å². The summed E-state index contributed by atoms with van der Waals surface area (Å²) in [7, 11) is 1.62. The van der Waals surface area contributed by atoms with E-state index in [9.17, 15) is 9.90 Å². The first kappa shape index (κ1) is 21.0. The Labute approximate surface area is 175 Å². The second kappa shape index (κ2) is 10.2. The van der Waals surface area contributed by atoms with E-state index in [4.69, 9.17) is 19.3 Å². The van der Waals surface area contributed by atoms with Gasteiger partial charge in [0.1, 0.15) is 41.8 Å². The second-order valence-electron chi connectivity index (χ2n) is 6.67. The number of methoxy groups -OCH3 is 1. The molecule has 2 N–H and O–H groups in total. The average molecular weight is 408 g/mol. The van der Waals surface area contributed by atoms with Crippen molar-refractivity contribution >= 4 is 5.97 Å². The fourth-order valence-electron chi connectivity index (χ4n) is 2.94. The first-order valence-corrected chi connectivity index (χ1v) is 9.59. The molecule has 0 radical (unpaired) electrons. The summed E-state index contributed by atoms with van der Waals surface area (Å²) in [4.78, 5) is 11.1. The normalized spacial score (nSPS) is 10.4. The molecule has 3 rings (SSSR count). The van der Waals surface area contributed by atoms with Gasteiger partial charge < -0.3 is 24.4 Å². The SMILES string of the molecule is COc1ccc(OCCOc2ccc(CCc3ccc(O)c(C(=O)O)c3)cc2)cc1. The van der Waals surface area contributed by atoms with Crippen LogP contribution >= 0.6 is 0 Å². The van der Waals surface area contributed by atoms with Gasteiger partial charge in [0.25, 0.3) is 0 Å². The molecule has 30 heavy (non-hydrogen) atoms. The monoisotopic (exact) mass is 408 g/mol. The molecule has 3 aromatic carbocycles. The van der Waals surface area contributed by atoms with Crippen LogP contribution in [0.2, 0.25) is 0 Å². The summed E-state index contributed by atoms with van der Waals surface area (Å²) in [6.07, 6.45) is 1.43. The lowest BCUT2D eigenvalue weighted by atomic mass is 10.0. The topological polar surface area (TPSA) is 85.2 Å². The number of aryl methyl sites for hydroxylation is 2. The van der Waals surface area contributed by atoms with Crippen molar-refractivity contribution in [2.75, 3.05) is 20.3 Å². The lowest BCUT2D eigenvalue weighted by molar-refractivity contribution is 0.0693. The molecule has 0 heterocycles. The summed E-state index contributed by atoms with van der Waals surface area (Å²) in [5.74, 6) is 0.951. The second-order valence-corrected chi connectivity index (χ2v) is 6.67. The van der Waals surface area contributed by atoms with E-state index in [1.807, 2.05) is 48.5 Å². The third kappa shape index (κ3) is 5.91. The molecule has 0 fully saturated rings. The van der Waals surface area contributed by atoms with Crippen LogP contribution in [0, 0.1) is 0 Å². The van der Waals surface area contributed by atoms with E-state index in [0.29, 0.717) is 19.6 Å². The van der Waals surface area contributed by atoms with Crippen LogP contribution in [0.3, 0.4) is 0 Å². The number of carboxylic acids is 1. The molecule has 0 saturated heterocycles. The highest BCUT2D eigenvalue weighted by Crippen LogP contribution is 2.21. The summed E-state index contributed by atoms with van der Waals surface area (Å²) in [6.45, 7) is 0.859. The standard InChI is InChI=1S/C24H24O6/c1-28-19-9-11-21(12-10-19)30-15-14-29-20-7-4-17(5-8-20)2-3-18-6-13-23(25)22(16-18)24(26)27/h4-13,16,25H,2-3,14-15H2,1H3,(H,26,27). The maximum absolute atomic E-state index is 11.1. The Bertz CT molecular complexity index is 964. The van der Waals surface area contributed by atoms with E-state index in [2.05, 4.69) is 0 Å². The van der Waals surface area contributed by atoms with Crippen molar-refractivity contribution in [1.29, 1.82) is 0 Å². The van der Waals surface area contributed by atoms with Gasteiger partial charge in [0, 0.05) is 0 Å². The number of ether oxygens (including phenoxy) is 3. The van der Waals surface area contributed by atoms with Gasteiger partial charge in [0.05, 0.1) is 7.11 Å². The summed E-state index contributed by atoms with van der Waals surface area (Å²) in [6, 6.07) is 19.8. The largest absolute Gasteiger partial charge is 0.507 e. The van der Waals surface area contributed by atoms with Gasteiger partial charge in [-0.1, -0.05) is 18.2 Å². The molecule has 0 aliphatic rings. The number of hydrogen-bond donors (Lipinski definition) is 2. The van der Waals surface area contributed by atoms with Crippen LogP contribution in [0.25, 0.3) is 0 Å². The van der Waals surface area contributed by atoms with Gasteiger partial charge in [-0.2, -0.15) is 0 Å². The molecular weight excluding hydrogens is 384 g/mol. The third-order valence-electron chi connectivity index (χ3n) is 4.60. The summed E-state index contributed by atoms with van der Waals surface area (Å²) < 4.78 is 16.4. The van der Waals surface area contributed by atoms with Crippen molar-refractivity contribution in [1.82, 2.24) is 0 Å². The Morgan fingerprint density at radius 1 is 0.767 bits per heavy atom. The molecule has 0 atom stereocenters. The molecule has 0 spiro atoms. The number of phenols is 1. The minimum absolute atomic E-state index is 0.0758. The van der Waals surface area contributed by atoms with Gasteiger partial charge in [-0.05, 0) is 72.5 Å². The Balaban J connectivity index is 1.43. The summed E-state index contributed by atoms with van der Waals surface area (Å²) in [5, 5.41) is 18.7. The maximum atomic E-state index is 11.1. The fourth-order valence-corrected chi connectivity index (χ4v) is 2.94. The molecule has 6 nitrogen and oxygen atoms in total. The predicted molar refractivity (Wildman–Crippen MR) is 113 cm³/mol. The van der Waals surface area contributed by atoms with E-state index in [-0.39, 0.29) is 11.3 Å². The smallest absolute Gasteiger partial charge is 0.339 e. The van der Waals surface area contributed by atoms with Crippen molar-refractivity contribution in [3.05, 3.63) is 83.4 Å². The highest BCUT2D eigenvalue weighted by Gasteiger charge is 2.10. The van der Waals surface area contributed by atoms with Gasteiger partial charge in [0.2, 0.25) is 0 Å². The van der Waals surface area contributed by atoms with Crippen molar-refractivity contribution in [3.63, 3.8) is 0 Å². The van der Waals surface area contributed by atoms with Crippen LogP contribution in [-0.2, 0) is 12.8 Å². The summed E-state index contributed by atoms with van der Waals surface area (Å²) >= 11 is 0. The van der Waals surface area contributed by atoms with Crippen LogP contribution in [0.4, 0.5) is 0 Å². The first-order valence-electron chi connectivity index (χ1n) is 9.59. The number of hydrogen-bond acceptors (Lipinski definition) is 5. The van der Waals surface area contributed by atoms with E-state index in [1.165, 1.54) is 12.1 Å². The van der Waals surface area contributed by atoms with Crippen LogP contribution in [-0.4, -0.2) is 36.5 Å². The minimum atomic E-state index is -1.13. The number of carboxylic acid groups (broad SMARTS) is 1. The first-order chi connectivity index (χ1) is 14.5. The Morgan fingerprint density at radius 2 is 1.27 bits per heavy atom. The fraction of sp³-hybridized carbons (Fsp3) is 0.208. The van der Waals surface area contributed by atoms with E-state index in [1.54, 1.807) is 13.2 Å². The zero-order valence-corrected chi connectivity index (χ0v) is 16.7.